The van der Waals surface area contributed by atoms with Gasteiger partial charge in [-0.25, -0.2) is 4.68 Å². The van der Waals surface area contributed by atoms with Crippen LogP contribution in [0.3, 0.4) is 0 Å². The molecule has 0 atom stereocenters. The van der Waals surface area contributed by atoms with Gasteiger partial charge >= 0.3 is 0 Å². The van der Waals surface area contributed by atoms with Crippen LogP contribution >= 0.6 is 34.4 Å². The van der Waals surface area contributed by atoms with Gasteiger partial charge in [0.15, 0.2) is 0 Å². The van der Waals surface area contributed by atoms with Crippen molar-refractivity contribution in [2.75, 3.05) is 16.9 Å². The molecule has 1 amide bonds. The number of hydrogen-bond donors (Lipinski definition) is 2. The van der Waals surface area contributed by atoms with Gasteiger partial charge in [-0.3, -0.25) is 4.79 Å². The molecule has 1 aromatic carbocycles. The monoisotopic (exact) mass is 431 g/mol. The number of anilines is 1. The van der Waals surface area contributed by atoms with Gasteiger partial charge in [0.1, 0.15) is 5.82 Å². The summed E-state index contributed by atoms with van der Waals surface area (Å²) < 4.78 is 2.53. The van der Waals surface area contributed by atoms with Crippen molar-refractivity contribution in [2.24, 2.45) is 0 Å². The Morgan fingerprint density at radius 2 is 2.18 bits per heavy atom. The second-order valence-electron chi connectivity index (χ2n) is 5.12. The van der Waals surface area contributed by atoms with Crippen LogP contribution in [0.2, 0.25) is 0 Å². The second-order valence-corrected chi connectivity index (χ2v) is 7.31. The van der Waals surface area contributed by atoms with Crippen LogP contribution in [0.25, 0.3) is 0 Å². The smallest absolute Gasteiger partial charge is 0.234 e. The molecule has 0 spiro atoms. The molecule has 0 unspecified atom stereocenters. The van der Waals surface area contributed by atoms with E-state index in [4.69, 9.17) is 5.84 Å². The zero-order valence-corrected chi connectivity index (χ0v) is 15.6. The van der Waals surface area contributed by atoms with Crippen molar-refractivity contribution in [3.8, 4) is 0 Å². The molecule has 0 aliphatic rings. The Kier molecular flexibility index (Phi) is 5.68. The fourth-order valence-corrected chi connectivity index (χ4v) is 3.11. The van der Waals surface area contributed by atoms with Crippen LogP contribution in [0.15, 0.2) is 23.4 Å². The van der Waals surface area contributed by atoms with E-state index < -0.39 is 0 Å². The van der Waals surface area contributed by atoms with Crippen molar-refractivity contribution in [2.45, 2.75) is 31.8 Å². The molecular weight excluding hydrogens is 413 g/mol. The number of nitrogen functional groups attached to an aromatic ring is 1. The van der Waals surface area contributed by atoms with Gasteiger partial charge in [0.2, 0.25) is 11.1 Å². The molecule has 8 heteroatoms. The number of benzene rings is 1. The summed E-state index contributed by atoms with van der Waals surface area (Å²) in [5.41, 5.74) is 1.98. The van der Waals surface area contributed by atoms with Gasteiger partial charge in [-0.15, -0.1) is 10.2 Å². The molecule has 6 nitrogen and oxygen atoms in total. The van der Waals surface area contributed by atoms with Crippen molar-refractivity contribution in [1.29, 1.82) is 0 Å². The molecule has 0 saturated heterocycles. The number of thioether (sulfide) groups is 1. The first-order valence-electron chi connectivity index (χ1n) is 6.77. The van der Waals surface area contributed by atoms with Gasteiger partial charge in [-0.05, 0) is 59.2 Å². The number of nitrogens with two attached hydrogens (primary N) is 1. The fraction of sp³-hybridized carbons (Fsp3) is 0.357. The highest BCUT2D eigenvalue weighted by Gasteiger charge is 2.13. The summed E-state index contributed by atoms with van der Waals surface area (Å²) in [5.74, 6) is 6.86. The number of amides is 1. The maximum atomic E-state index is 12.1. The Hall–Kier alpha value is -1.29. The Bertz CT molecular complexity index is 686. The summed E-state index contributed by atoms with van der Waals surface area (Å²) in [6.45, 7) is 5.97. The number of aryl methyl sites for hydroxylation is 1. The van der Waals surface area contributed by atoms with Crippen LogP contribution in [0.1, 0.15) is 31.2 Å². The number of aromatic nitrogens is 3. The number of carbonyl (C=O) groups excluding carboxylic acids is 1. The van der Waals surface area contributed by atoms with Crippen LogP contribution in [-0.2, 0) is 4.79 Å². The maximum absolute atomic E-state index is 12.1. The van der Waals surface area contributed by atoms with E-state index in [1.54, 1.807) is 6.92 Å². The lowest BCUT2D eigenvalue weighted by Gasteiger charge is -2.14. The fourth-order valence-electron chi connectivity index (χ4n) is 1.89. The summed E-state index contributed by atoms with van der Waals surface area (Å²) in [5, 5.41) is 11.3. The molecule has 0 bridgehead atoms. The van der Waals surface area contributed by atoms with Crippen LogP contribution in [0, 0.1) is 10.5 Å². The first-order valence-corrected chi connectivity index (χ1v) is 8.84. The molecule has 0 radical (unpaired) electrons. The highest BCUT2D eigenvalue weighted by Crippen LogP contribution is 2.26. The molecule has 2 rings (SSSR count). The lowest BCUT2D eigenvalue weighted by Crippen LogP contribution is -2.17. The van der Waals surface area contributed by atoms with Crippen molar-refractivity contribution < 1.29 is 4.79 Å². The van der Waals surface area contributed by atoms with Crippen molar-refractivity contribution in [1.82, 2.24) is 14.9 Å². The normalized spacial score (nSPS) is 11.0. The van der Waals surface area contributed by atoms with E-state index in [0.29, 0.717) is 16.9 Å². The highest BCUT2D eigenvalue weighted by molar-refractivity contribution is 14.1. The molecule has 118 valence electrons. The molecule has 0 aliphatic heterocycles. The summed E-state index contributed by atoms with van der Waals surface area (Å²) in [7, 11) is 0. The minimum Gasteiger partial charge on any atom is -0.336 e. The van der Waals surface area contributed by atoms with E-state index in [1.165, 1.54) is 16.4 Å². The van der Waals surface area contributed by atoms with Crippen molar-refractivity contribution >= 4 is 45.9 Å². The zero-order chi connectivity index (χ0) is 16.3. The quantitative estimate of drug-likeness (QED) is 0.432. The first-order chi connectivity index (χ1) is 10.4. The predicted molar refractivity (Wildman–Crippen MR) is 97.5 cm³/mol. The predicted octanol–water partition coefficient (Wildman–Crippen LogP) is 2.76. The van der Waals surface area contributed by atoms with E-state index >= 15 is 0 Å². The molecular formula is C14H18IN5OS. The molecule has 22 heavy (non-hydrogen) atoms. The van der Waals surface area contributed by atoms with Crippen LogP contribution < -0.4 is 11.2 Å². The second kappa shape index (κ2) is 7.32. The third-order valence-corrected chi connectivity index (χ3v) is 4.69. The number of nitrogens with one attached hydrogen (secondary N) is 1. The van der Waals surface area contributed by atoms with Gasteiger partial charge in [0.05, 0.1) is 5.75 Å². The van der Waals surface area contributed by atoms with Gasteiger partial charge < -0.3 is 11.2 Å². The molecule has 2 aromatic rings. The minimum absolute atomic E-state index is 0.0891. The first kappa shape index (κ1) is 17.1. The minimum atomic E-state index is -0.0891. The Morgan fingerprint density at radius 3 is 2.77 bits per heavy atom. The molecule has 0 aliphatic carbocycles. The standard InChI is InChI=1S/C14H18IN5OS/c1-8(2)11-6-10(15)4-5-12(11)17-13(21)7-22-14-19-18-9(3)20(14)16/h4-6,8H,7,16H2,1-3H3,(H,17,21). The summed E-state index contributed by atoms with van der Waals surface area (Å²) in [6.07, 6.45) is 0. The average molecular weight is 431 g/mol. The number of halogens is 1. The lowest BCUT2D eigenvalue weighted by molar-refractivity contribution is -0.113. The van der Waals surface area contributed by atoms with E-state index in [1.807, 2.05) is 12.1 Å². The van der Waals surface area contributed by atoms with E-state index in [0.717, 1.165) is 14.8 Å². The summed E-state index contributed by atoms with van der Waals surface area (Å²) in [4.78, 5) is 12.1. The lowest BCUT2D eigenvalue weighted by atomic mass is 10.0. The Labute approximate surface area is 147 Å². The van der Waals surface area contributed by atoms with Crippen molar-refractivity contribution in [3.63, 3.8) is 0 Å². The highest BCUT2D eigenvalue weighted by atomic mass is 127. The van der Waals surface area contributed by atoms with Gasteiger partial charge in [0, 0.05) is 9.26 Å². The van der Waals surface area contributed by atoms with Crippen LogP contribution in [0.5, 0.6) is 0 Å². The third-order valence-electron chi connectivity index (χ3n) is 3.08. The van der Waals surface area contributed by atoms with Gasteiger partial charge in [-0.2, -0.15) is 0 Å². The Morgan fingerprint density at radius 1 is 1.45 bits per heavy atom. The van der Waals surface area contributed by atoms with Gasteiger partial charge in [0.25, 0.3) is 0 Å². The maximum Gasteiger partial charge on any atom is 0.234 e. The zero-order valence-electron chi connectivity index (χ0n) is 12.6. The van der Waals surface area contributed by atoms with Crippen LogP contribution in [-0.4, -0.2) is 26.5 Å². The summed E-state index contributed by atoms with van der Waals surface area (Å²) in [6, 6.07) is 6.01. The number of rotatable bonds is 5. The molecule has 1 heterocycles. The summed E-state index contributed by atoms with van der Waals surface area (Å²) >= 11 is 3.53. The SMILES string of the molecule is Cc1nnc(SCC(=O)Nc2ccc(I)cc2C(C)C)n1N. The molecule has 1 aromatic heterocycles. The average Bonchev–Trinajstić information content (AvgIpc) is 2.78. The topological polar surface area (TPSA) is 85.8 Å². The van der Waals surface area contributed by atoms with E-state index in [-0.39, 0.29) is 11.7 Å². The van der Waals surface area contributed by atoms with E-state index in [2.05, 4.69) is 58.0 Å². The number of carbonyl (C=O) groups is 1. The molecule has 0 fully saturated rings. The van der Waals surface area contributed by atoms with Gasteiger partial charge in [-0.1, -0.05) is 25.6 Å². The molecule has 3 N–H and O–H groups in total. The molecule has 0 saturated carbocycles. The number of hydrogen-bond acceptors (Lipinski definition) is 5. The van der Waals surface area contributed by atoms with Crippen LogP contribution in [0.4, 0.5) is 5.69 Å². The van der Waals surface area contributed by atoms with Crippen molar-refractivity contribution in [3.05, 3.63) is 33.2 Å². The van der Waals surface area contributed by atoms with E-state index in [9.17, 15) is 4.79 Å². The largest absolute Gasteiger partial charge is 0.336 e. The Balaban J connectivity index is 2.02. The number of nitrogens with zero attached hydrogens (tertiary/aromatic N) is 3. The third kappa shape index (κ3) is 4.13.